The van der Waals surface area contributed by atoms with Crippen LogP contribution in [0.1, 0.15) is 44.1 Å². The maximum absolute atomic E-state index is 6.34. The highest BCUT2D eigenvalue weighted by Gasteiger charge is 2.36. The van der Waals surface area contributed by atoms with E-state index < -0.39 is 5.54 Å². The van der Waals surface area contributed by atoms with E-state index in [2.05, 4.69) is 22.2 Å². The van der Waals surface area contributed by atoms with Crippen molar-refractivity contribution in [1.82, 2.24) is 19.9 Å². The van der Waals surface area contributed by atoms with E-state index in [-0.39, 0.29) is 12.4 Å². The molecule has 2 aromatic heterocycles. The van der Waals surface area contributed by atoms with Crippen LogP contribution in [-0.4, -0.2) is 19.9 Å². The van der Waals surface area contributed by atoms with Gasteiger partial charge in [-0.25, -0.2) is 0 Å². The summed E-state index contributed by atoms with van der Waals surface area (Å²) in [4.78, 5) is 4.50. The molecular formula is C13H20ClN5O. The van der Waals surface area contributed by atoms with E-state index >= 15 is 0 Å². The quantitative estimate of drug-likeness (QED) is 0.939. The van der Waals surface area contributed by atoms with Crippen LogP contribution in [0.3, 0.4) is 0 Å². The molecule has 0 amide bonds. The molecule has 1 aliphatic carbocycles. The van der Waals surface area contributed by atoms with Crippen molar-refractivity contribution in [3.63, 3.8) is 0 Å². The molecule has 7 heteroatoms. The SMILES string of the molecule is CCc1nn(C)cc1-c1nc(C2(N)CCCC2)no1.Cl. The van der Waals surface area contributed by atoms with Gasteiger partial charge in [-0.15, -0.1) is 12.4 Å². The summed E-state index contributed by atoms with van der Waals surface area (Å²) < 4.78 is 7.16. The summed E-state index contributed by atoms with van der Waals surface area (Å²) in [5, 5.41) is 8.47. The van der Waals surface area contributed by atoms with Gasteiger partial charge in [0.05, 0.1) is 16.8 Å². The van der Waals surface area contributed by atoms with E-state index in [0.29, 0.717) is 11.7 Å². The molecule has 20 heavy (non-hydrogen) atoms. The fourth-order valence-electron chi connectivity index (χ4n) is 2.74. The number of halogens is 1. The molecule has 0 aromatic carbocycles. The molecule has 2 N–H and O–H groups in total. The summed E-state index contributed by atoms with van der Waals surface area (Å²) in [5.74, 6) is 1.16. The summed E-state index contributed by atoms with van der Waals surface area (Å²) >= 11 is 0. The molecule has 0 atom stereocenters. The van der Waals surface area contributed by atoms with Crippen LogP contribution in [0.4, 0.5) is 0 Å². The highest BCUT2D eigenvalue weighted by Crippen LogP contribution is 2.35. The third kappa shape index (κ3) is 2.45. The Labute approximate surface area is 124 Å². The van der Waals surface area contributed by atoms with Crippen LogP contribution in [0.15, 0.2) is 10.7 Å². The molecule has 1 fully saturated rings. The lowest BCUT2D eigenvalue weighted by Gasteiger charge is -2.17. The Balaban J connectivity index is 0.00000147. The van der Waals surface area contributed by atoms with Gasteiger partial charge in [0.1, 0.15) is 0 Å². The molecule has 0 unspecified atom stereocenters. The maximum atomic E-state index is 6.34. The van der Waals surface area contributed by atoms with E-state index in [4.69, 9.17) is 10.3 Å². The number of rotatable bonds is 3. The van der Waals surface area contributed by atoms with E-state index in [0.717, 1.165) is 43.4 Å². The normalized spacial score (nSPS) is 17.1. The monoisotopic (exact) mass is 297 g/mol. The Kier molecular flexibility index (Phi) is 4.15. The topological polar surface area (TPSA) is 82.8 Å². The first kappa shape index (κ1) is 15.0. The predicted octanol–water partition coefficient (Wildman–Crippen LogP) is 2.18. The van der Waals surface area contributed by atoms with Crippen molar-refractivity contribution in [3.8, 4) is 11.5 Å². The van der Waals surface area contributed by atoms with Gasteiger partial charge in [-0.3, -0.25) is 4.68 Å². The first-order valence-electron chi connectivity index (χ1n) is 6.78. The van der Waals surface area contributed by atoms with E-state index in [1.165, 1.54) is 0 Å². The fraction of sp³-hybridized carbons (Fsp3) is 0.615. The van der Waals surface area contributed by atoms with Crippen LogP contribution >= 0.6 is 12.4 Å². The standard InChI is InChI=1S/C13H19N5O.ClH/c1-3-10-9(8-18(2)16-10)11-15-12(17-19-11)13(14)6-4-5-7-13;/h8H,3-7,14H2,1-2H3;1H. The lowest BCUT2D eigenvalue weighted by molar-refractivity contribution is 0.372. The van der Waals surface area contributed by atoms with E-state index in [1.807, 2.05) is 13.2 Å². The average Bonchev–Trinajstić information content (AvgIpc) is 3.07. The minimum Gasteiger partial charge on any atom is -0.334 e. The Morgan fingerprint density at radius 3 is 2.75 bits per heavy atom. The molecule has 0 saturated heterocycles. The first-order valence-corrected chi connectivity index (χ1v) is 6.78. The number of nitrogens with zero attached hydrogens (tertiary/aromatic N) is 4. The van der Waals surface area contributed by atoms with E-state index in [1.54, 1.807) is 4.68 Å². The second-order valence-electron chi connectivity index (χ2n) is 5.30. The third-order valence-electron chi connectivity index (χ3n) is 3.84. The summed E-state index contributed by atoms with van der Waals surface area (Å²) in [7, 11) is 1.89. The van der Waals surface area contributed by atoms with Gasteiger partial charge in [0.25, 0.3) is 5.89 Å². The zero-order valence-corrected chi connectivity index (χ0v) is 12.6. The molecule has 1 aliphatic rings. The smallest absolute Gasteiger partial charge is 0.261 e. The molecular weight excluding hydrogens is 278 g/mol. The molecule has 2 aromatic rings. The van der Waals surface area contributed by atoms with Crippen molar-refractivity contribution in [2.75, 3.05) is 0 Å². The Bertz CT molecular complexity index is 585. The fourth-order valence-corrected chi connectivity index (χ4v) is 2.74. The van der Waals surface area contributed by atoms with Gasteiger partial charge in [-0.05, 0) is 19.3 Å². The predicted molar refractivity (Wildman–Crippen MR) is 77.5 cm³/mol. The lowest BCUT2D eigenvalue weighted by Crippen LogP contribution is -2.34. The second-order valence-corrected chi connectivity index (χ2v) is 5.30. The Hall–Kier alpha value is -1.40. The molecule has 6 nitrogen and oxygen atoms in total. The molecule has 0 radical (unpaired) electrons. The number of aryl methyl sites for hydroxylation is 2. The van der Waals surface area contributed by atoms with Crippen molar-refractivity contribution >= 4 is 12.4 Å². The van der Waals surface area contributed by atoms with Crippen molar-refractivity contribution in [3.05, 3.63) is 17.7 Å². The van der Waals surface area contributed by atoms with Crippen LogP contribution in [-0.2, 0) is 19.0 Å². The number of aromatic nitrogens is 4. The molecule has 0 bridgehead atoms. The lowest BCUT2D eigenvalue weighted by atomic mass is 9.99. The van der Waals surface area contributed by atoms with E-state index in [9.17, 15) is 0 Å². The largest absolute Gasteiger partial charge is 0.334 e. The number of hydrogen-bond acceptors (Lipinski definition) is 5. The molecule has 0 spiro atoms. The van der Waals surface area contributed by atoms with Gasteiger partial charge in [0, 0.05) is 13.2 Å². The van der Waals surface area contributed by atoms with Gasteiger partial charge in [0.2, 0.25) is 0 Å². The summed E-state index contributed by atoms with van der Waals surface area (Å²) in [6.07, 6.45) is 6.87. The zero-order valence-electron chi connectivity index (χ0n) is 11.8. The molecule has 0 aliphatic heterocycles. The van der Waals surface area contributed by atoms with Crippen molar-refractivity contribution in [2.24, 2.45) is 12.8 Å². The third-order valence-corrected chi connectivity index (χ3v) is 3.84. The first-order chi connectivity index (χ1) is 9.12. The van der Waals surface area contributed by atoms with Gasteiger partial charge in [0.15, 0.2) is 5.82 Å². The van der Waals surface area contributed by atoms with Crippen LogP contribution in [0.25, 0.3) is 11.5 Å². The highest BCUT2D eigenvalue weighted by molar-refractivity contribution is 5.85. The minimum absolute atomic E-state index is 0. The van der Waals surface area contributed by atoms with Crippen molar-refractivity contribution in [1.29, 1.82) is 0 Å². The van der Waals surface area contributed by atoms with Crippen LogP contribution in [0.5, 0.6) is 0 Å². The van der Waals surface area contributed by atoms with Gasteiger partial charge in [-0.1, -0.05) is 24.9 Å². The molecule has 1 saturated carbocycles. The highest BCUT2D eigenvalue weighted by atomic mass is 35.5. The minimum atomic E-state index is -0.406. The second kappa shape index (κ2) is 5.54. The Morgan fingerprint density at radius 1 is 1.40 bits per heavy atom. The number of nitrogens with two attached hydrogens (primary N) is 1. The molecule has 110 valence electrons. The van der Waals surface area contributed by atoms with Crippen molar-refractivity contribution < 1.29 is 4.52 Å². The van der Waals surface area contributed by atoms with Crippen LogP contribution in [0, 0.1) is 0 Å². The van der Waals surface area contributed by atoms with Gasteiger partial charge < -0.3 is 10.3 Å². The summed E-state index contributed by atoms with van der Waals surface area (Å²) in [5.41, 5.74) is 7.81. The Morgan fingerprint density at radius 2 is 2.10 bits per heavy atom. The van der Waals surface area contributed by atoms with Crippen molar-refractivity contribution in [2.45, 2.75) is 44.6 Å². The maximum Gasteiger partial charge on any atom is 0.261 e. The number of hydrogen-bond donors (Lipinski definition) is 1. The summed E-state index contributed by atoms with van der Waals surface area (Å²) in [6.45, 7) is 2.06. The molecule has 2 heterocycles. The molecule has 3 rings (SSSR count). The zero-order chi connectivity index (χ0) is 13.5. The average molecular weight is 298 g/mol. The van der Waals surface area contributed by atoms with Gasteiger partial charge >= 0.3 is 0 Å². The van der Waals surface area contributed by atoms with Crippen LogP contribution in [0.2, 0.25) is 0 Å². The van der Waals surface area contributed by atoms with Gasteiger partial charge in [-0.2, -0.15) is 10.1 Å². The van der Waals surface area contributed by atoms with Crippen LogP contribution < -0.4 is 5.73 Å². The summed E-state index contributed by atoms with van der Waals surface area (Å²) in [6, 6.07) is 0.